The van der Waals surface area contributed by atoms with Crippen LogP contribution in [0.5, 0.6) is 0 Å². The third kappa shape index (κ3) is 1.77. The van der Waals surface area contributed by atoms with E-state index in [0.29, 0.717) is 27.1 Å². The Morgan fingerprint density at radius 1 is 1.12 bits per heavy atom. The maximum Gasteiger partial charge on any atom is 0.155 e. The van der Waals surface area contributed by atoms with Gasteiger partial charge in [-0.1, -0.05) is 35.3 Å². The number of halogens is 2. The van der Waals surface area contributed by atoms with Crippen LogP contribution in [0.1, 0.15) is 0 Å². The predicted molar refractivity (Wildman–Crippen MR) is 67.3 cm³/mol. The van der Waals surface area contributed by atoms with E-state index in [1.807, 2.05) is 18.2 Å². The van der Waals surface area contributed by atoms with E-state index in [4.69, 9.17) is 27.6 Å². The lowest BCUT2D eigenvalue weighted by Gasteiger charge is -1.96. The Bertz CT molecular complexity index is 694. The number of benzene rings is 1. The number of para-hydroxylation sites is 1. The first-order valence-electron chi connectivity index (χ1n) is 4.89. The first-order valence-corrected chi connectivity index (χ1v) is 5.65. The van der Waals surface area contributed by atoms with Gasteiger partial charge in [0.1, 0.15) is 12.0 Å². The van der Waals surface area contributed by atoms with Crippen LogP contribution in [0.25, 0.3) is 22.4 Å². The van der Waals surface area contributed by atoms with Crippen molar-refractivity contribution in [2.24, 2.45) is 0 Å². The van der Waals surface area contributed by atoms with Crippen molar-refractivity contribution in [1.29, 1.82) is 0 Å². The minimum atomic E-state index is 0.447. The molecule has 0 fully saturated rings. The first-order chi connectivity index (χ1) is 8.25. The van der Waals surface area contributed by atoms with Crippen LogP contribution >= 0.6 is 23.2 Å². The van der Waals surface area contributed by atoms with Gasteiger partial charge in [-0.05, 0) is 12.1 Å². The fourth-order valence-corrected chi connectivity index (χ4v) is 2.06. The summed E-state index contributed by atoms with van der Waals surface area (Å²) >= 11 is 12.0. The third-order valence-electron chi connectivity index (χ3n) is 2.40. The van der Waals surface area contributed by atoms with E-state index in [1.165, 1.54) is 12.5 Å². The normalized spacial score (nSPS) is 10.9. The Morgan fingerprint density at radius 2 is 2.00 bits per heavy atom. The smallest absolute Gasteiger partial charge is 0.155 e. The SMILES string of the molecule is Clc1cncnc1-c1cc2cccc(Cl)c2o1. The number of fused-ring (bicyclic) bond motifs is 1. The van der Waals surface area contributed by atoms with Crippen LogP contribution in [0.15, 0.2) is 41.2 Å². The largest absolute Gasteiger partial charge is 0.453 e. The molecule has 0 aliphatic heterocycles. The van der Waals surface area contributed by atoms with Crippen molar-refractivity contribution in [2.45, 2.75) is 0 Å². The summed E-state index contributed by atoms with van der Waals surface area (Å²) in [6, 6.07) is 7.42. The molecule has 3 nitrogen and oxygen atoms in total. The Balaban J connectivity index is 2.26. The molecular formula is C12H6Cl2N2O. The van der Waals surface area contributed by atoms with E-state index in [9.17, 15) is 0 Å². The van der Waals surface area contributed by atoms with Gasteiger partial charge in [0.05, 0.1) is 10.0 Å². The van der Waals surface area contributed by atoms with Gasteiger partial charge in [-0.2, -0.15) is 0 Å². The highest BCUT2D eigenvalue weighted by Gasteiger charge is 2.12. The molecule has 0 saturated heterocycles. The molecule has 0 aliphatic carbocycles. The summed E-state index contributed by atoms with van der Waals surface area (Å²) in [5, 5.41) is 1.93. The molecule has 0 N–H and O–H groups in total. The summed E-state index contributed by atoms with van der Waals surface area (Å²) < 4.78 is 5.66. The van der Waals surface area contributed by atoms with Gasteiger partial charge >= 0.3 is 0 Å². The van der Waals surface area contributed by atoms with Gasteiger partial charge < -0.3 is 4.42 Å². The summed E-state index contributed by atoms with van der Waals surface area (Å²) in [7, 11) is 0. The number of nitrogens with zero attached hydrogens (tertiary/aromatic N) is 2. The van der Waals surface area contributed by atoms with Crippen molar-refractivity contribution in [1.82, 2.24) is 9.97 Å². The Hall–Kier alpha value is -1.58. The van der Waals surface area contributed by atoms with Crippen LogP contribution < -0.4 is 0 Å². The molecule has 2 heterocycles. The zero-order valence-corrected chi connectivity index (χ0v) is 10.0. The highest BCUT2D eigenvalue weighted by Crippen LogP contribution is 2.33. The molecule has 0 atom stereocenters. The van der Waals surface area contributed by atoms with Crippen molar-refractivity contribution in [2.75, 3.05) is 0 Å². The second-order valence-electron chi connectivity index (χ2n) is 3.49. The zero-order valence-electron chi connectivity index (χ0n) is 8.52. The number of aromatic nitrogens is 2. The van der Waals surface area contributed by atoms with E-state index >= 15 is 0 Å². The summed E-state index contributed by atoms with van der Waals surface area (Å²) in [5.41, 5.74) is 1.20. The molecule has 0 radical (unpaired) electrons. The molecule has 0 spiro atoms. The monoisotopic (exact) mass is 264 g/mol. The van der Waals surface area contributed by atoms with Crippen molar-refractivity contribution >= 4 is 34.2 Å². The number of hydrogen-bond donors (Lipinski definition) is 0. The van der Waals surface area contributed by atoms with E-state index in [0.717, 1.165) is 5.39 Å². The highest BCUT2D eigenvalue weighted by atomic mass is 35.5. The molecule has 0 bridgehead atoms. The topological polar surface area (TPSA) is 38.9 Å². The predicted octanol–water partition coefficient (Wildman–Crippen LogP) is 4.20. The van der Waals surface area contributed by atoms with E-state index in [1.54, 1.807) is 6.07 Å². The molecule has 0 saturated carbocycles. The summed E-state index contributed by atoms with van der Waals surface area (Å²) in [4.78, 5) is 7.92. The second kappa shape index (κ2) is 4.02. The van der Waals surface area contributed by atoms with E-state index in [2.05, 4.69) is 9.97 Å². The lowest BCUT2D eigenvalue weighted by Crippen LogP contribution is -1.83. The Kier molecular flexibility index (Phi) is 2.50. The van der Waals surface area contributed by atoms with Crippen molar-refractivity contribution in [3.05, 3.63) is 46.8 Å². The average molecular weight is 265 g/mol. The molecule has 3 rings (SSSR count). The maximum atomic E-state index is 6.04. The van der Waals surface area contributed by atoms with E-state index < -0.39 is 0 Å². The fraction of sp³-hybridized carbons (Fsp3) is 0. The Morgan fingerprint density at radius 3 is 2.76 bits per heavy atom. The van der Waals surface area contributed by atoms with Crippen LogP contribution in [0.4, 0.5) is 0 Å². The molecule has 17 heavy (non-hydrogen) atoms. The van der Waals surface area contributed by atoms with Crippen molar-refractivity contribution in [3.63, 3.8) is 0 Å². The summed E-state index contributed by atoms with van der Waals surface area (Å²) in [5.74, 6) is 0.584. The third-order valence-corrected chi connectivity index (χ3v) is 2.97. The van der Waals surface area contributed by atoms with Gasteiger partial charge in [-0.3, -0.25) is 0 Å². The summed E-state index contributed by atoms with van der Waals surface area (Å²) in [6.45, 7) is 0. The van der Waals surface area contributed by atoms with Gasteiger partial charge in [0.2, 0.25) is 0 Å². The molecule has 2 aromatic heterocycles. The van der Waals surface area contributed by atoms with Crippen LogP contribution in [-0.2, 0) is 0 Å². The van der Waals surface area contributed by atoms with E-state index in [-0.39, 0.29) is 0 Å². The molecule has 1 aromatic carbocycles. The van der Waals surface area contributed by atoms with Crippen molar-refractivity contribution in [3.8, 4) is 11.5 Å². The van der Waals surface area contributed by atoms with Crippen LogP contribution in [-0.4, -0.2) is 9.97 Å². The standard InChI is InChI=1S/C12H6Cl2N2O/c13-8-3-1-2-7-4-10(17-12(7)8)11-9(14)5-15-6-16-11/h1-6H. The van der Waals surface area contributed by atoms with Crippen LogP contribution in [0.3, 0.4) is 0 Å². The second-order valence-corrected chi connectivity index (χ2v) is 4.30. The molecular weight excluding hydrogens is 259 g/mol. The lowest BCUT2D eigenvalue weighted by atomic mass is 10.2. The Labute approximate surface area is 107 Å². The molecule has 0 unspecified atom stereocenters. The summed E-state index contributed by atoms with van der Waals surface area (Å²) in [6.07, 6.45) is 2.95. The van der Waals surface area contributed by atoms with Gasteiger partial charge in [0.25, 0.3) is 0 Å². The number of hydrogen-bond acceptors (Lipinski definition) is 3. The molecule has 0 aliphatic rings. The minimum absolute atomic E-state index is 0.447. The lowest BCUT2D eigenvalue weighted by molar-refractivity contribution is 0.628. The quantitative estimate of drug-likeness (QED) is 0.662. The fourth-order valence-electron chi connectivity index (χ4n) is 1.64. The number of furan rings is 1. The zero-order chi connectivity index (χ0) is 11.8. The molecule has 5 heteroatoms. The molecule has 84 valence electrons. The van der Waals surface area contributed by atoms with Gasteiger partial charge in [0.15, 0.2) is 11.3 Å². The first kappa shape index (κ1) is 10.6. The average Bonchev–Trinajstić information content (AvgIpc) is 2.75. The van der Waals surface area contributed by atoms with Crippen LogP contribution in [0.2, 0.25) is 10.0 Å². The van der Waals surface area contributed by atoms with Gasteiger partial charge in [0, 0.05) is 11.6 Å². The maximum absolute atomic E-state index is 6.04. The number of rotatable bonds is 1. The van der Waals surface area contributed by atoms with Gasteiger partial charge in [-0.15, -0.1) is 0 Å². The van der Waals surface area contributed by atoms with Crippen molar-refractivity contribution < 1.29 is 4.42 Å². The molecule has 0 amide bonds. The van der Waals surface area contributed by atoms with Crippen LogP contribution in [0, 0.1) is 0 Å². The minimum Gasteiger partial charge on any atom is -0.453 e. The highest BCUT2D eigenvalue weighted by molar-refractivity contribution is 6.35. The molecule has 3 aromatic rings. The van der Waals surface area contributed by atoms with Gasteiger partial charge in [-0.25, -0.2) is 9.97 Å².